The standard InChI is InChI=1S/C27H36N4O6S/c1-20(2)22-6-4-21(5-7-22)19-28(3)27(32)23-10-12-29(13-11-23)25-9-8-24(18-26(25)31(33)34)38(35,36)30-14-16-37-17-15-30/h4-9,18,20,23H,10-17,19H2,1-3H3. The predicted octanol–water partition coefficient (Wildman–Crippen LogP) is 3.61. The summed E-state index contributed by atoms with van der Waals surface area (Å²) in [6.45, 7) is 6.81. The molecule has 0 atom stereocenters. The summed E-state index contributed by atoms with van der Waals surface area (Å²) >= 11 is 0. The number of piperidine rings is 1. The molecule has 1 amide bonds. The highest BCUT2D eigenvalue weighted by molar-refractivity contribution is 7.89. The van der Waals surface area contributed by atoms with Crippen molar-refractivity contribution in [3.8, 4) is 0 Å². The van der Waals surface area contributed by atoms with E-state index in [9.17, 15) is 23.3 Å². The number of rotatable bonds is 8. The Kier molecular flexibility index (Phi) is 8.69. The largest absolute Gasteiger partial charge is 0.379 e. The number of ether oxygens (including phenoxy) is 1. The van der Waals surface area contributed by atoms with Crippen LogP contribution >= 0.6 is 0 Å². The van der Waals surface area contributed by atoms with Gasteiger partial charge in [0.15, 0.2) is 0 Å². The molecular formula is C27H36N4O6S. The highest BCUT2D eigenvalue weighted by Gasteiger charge is 2.32. The van der Waals surface area contributed by atoms with Crippen LogP contribution in [0.4, 0.5) is 11.4 Å². The second-order valence-electron chi connectivity index (χ2n) is 10.3. The minimum absolute atomic E-state index is 0.0686. The summed E-state index contributed by atoms with van der Waals surface area (Å²) in [5.74, 6) is 0.361. The number of hydrogen-bond donors (Lipinski definition) is 0. The van der Waals surface area contributed by atoms with Crippen LogP contribution in [0.5, 0.6) is 0 Å². The maximum atomic E-state index is 13.1. The zero-order valence-corrected chi connectivity index (χ0v) is 23.0. The lowest BCUT2D eigenvalue weighted by Gasteiger charge is -2.34. The maximum absolute atomic E-state index is 13.1. The Hall–Kier alpha value is -3.02. The van der Waals surface area contributed by atoms with Crippen LogP contribution in [0.15, 0.2) is 47.4 Å². The SMILES string of the molecule is CC(C)c1ccc(CN(C)C(=O)C2CCN(c3ccc(S(=O)(=O)N4CCOCC4)cc3[N+](=O)[O-])CC2)cc1. The van der Waals surface area contributed by atoms with E-state index in [1.165, 1.54) is 22.0 Å². The van der Waals surface area contributed by atoms with Crippen molar-refractivity contribution in [3.05, 3.63) is 63.7 Å². The first kappa shape index (κ1) is 28.0. The molecular weight excluding hydrogens is 508 g/mol. The highest BCUT2D eigenvalue weighted by atomic mass is 32.2. The molecule has 0 unspecified atom stereocenters. The van der Waals surface area contributed by atoms with Gasteiger partial charge in [-0.3, -0.25) is 14.9 Å². The molecule has 11 heteroatoms. The second-order valence-corrected chi connectivity index (χ2v) is 12.2. The van der Waals surface area contributed by atoms with Crippen molar-refractivity contribution in [2.45, 2.75) is 44.0 Å². The van der Waals surface area contributed by atoms with Gasteiger partial charge in [0.1, 0.15) is 5.69 Å². The number of anilines is 1. The minimum atomic E-state index is -3.85. The molecule has 2 aliphatic heterocycles. The van der Waals surface area contributed by atoms with Gasteiger partial charge in [-0.2, -0.15) is 4.31 Å². The summed E-state index contributed by atoms with van der Waals surface area (Å²) in [5, 5.41) is 11.9. The molecule has 38 heavy (non-hydrogen) atoms. The molecule has 0 N–H and O–H groups in total. The molecule has 2 aromatic rings. The molecule has 2 aliphatic rings. The summed E-state index contributed by atoms with van der Waals surface area (Å²) in [6, 6.07) is 12.4. The minimum Gasteiger partial charge on any atom is -0.379 e. The van der Waals surface area contributed by atoms with Crippen LogP contribution in [0.1, 0.15) is 43.7 Å². The monoisotopic (exact) mass is 544 g/mol. The van der Waals surface area contributed by atoms with Crippen LogP contribution in [0, 0.1) is 16.0 Å². The molecule has 0 saturated carbocycles. The molecule has 2 heterocycles. The van der Waals surface area contributed by atoms with E-state index < -0.39 is 14.9 Å². The van der Waals surface area contributed by atoms with E-state index in [0.717, 1.165) is 11.6 Å². The summed E-state index contributed by atoms with van der Waals surface area (Å²) in [5.41, 5.74) is 2.47. The van der Waals surface area contributed by atoms with E-state index in [1.807, 2.05) is 11.9 Å². The average molecular weight is 545 g/mol. The van der Waals surface area contributed by atoms with Gasteiger partial charge in [-0.05, 0) is 42.0 Å². The van der Waals surface area contributed by atoms with Gasteiger partial charge in [-0.25, -0.2) is 8.42 Å². The average Bonchev–Trinajstić information content (AvgIpc) is 2.93. The van der Waals surface area contributed by atoms with Gasteiger partial charge in [-0.15, -0.1) is 0 Å². The molecule has 2 aromatic carbocycles. The van der Waals surface area contributed by atoms with Gasteiger partial charge in [0, 0.05) is 51.8 Å². The first-order valence-electron chi connectivity index (χ1n) is 13.0. The van der Waals surface area contributed by atoms with Crippen LogP contribution in [0.25, 0.3) is 0 Å². The summed E-state index contributed by atoms with van der Waals surface area (Å²) in [7, 11) is -2.04. The fourth-order valence-electron chi connectivity index (χ4n) is 5.05. The van der Waals surface area contributed by atoms with Crippen molar-refractivity contribution in [2.75, 3.05) is 51.3 Å². The van der Waals surface area contributed by atoms with E-state index in [4.69, 9.17) is 4.74 Å². The van der Waals surface area contributed by atoms with Gasteiger partial charge in [-0.1, -0.05) is 38.1 Å². The third-order valence-corrected chi connectivity index (χ3v) is 9.27. The van der Waals surface area contributed by atoms with Gasteiger partial charge >= 0.3 is 0 Å². The zero-order valence-electron chi connectivity index (χ0n) is 22.2. The van der Waals surface area contributed by atoms with Gasteiger partial charge in [0.05, 0.1) is 23.0 Å². The number of morpholine rings is 1. The maximum Gasteiger partial charge on any atom is 0.293 e. The van der Waals surface area contributed by atoms with E-state index in [1.54, 1.807) is 4.90 Å². The number of carbonyl (C=O) groups is 1. The van der Waals surface area contributed by atoms with Gasteiger partial charge in [0.2, 0.25) is 15.9 Å². The van der Waals surface area contributed by atoms with Crippen LogP contribution in [0.3, 0.4) is 0 Å². The molecule has 4 rings (SSSR count). The van der Waals surface area contributed by atoms with Crippen molar-refractivity contribution in [1.29, 1.82) is 0 Å². The fraction of sp³-hybridized carbons (Fsp3) is 0.519. The molecule has 2 saturated heterocycles. The number of hydrogen-bond acceptors (Lipinski definition) is 7. The first-order valence-corrected chi connectivity index (χ1v) is 14.5. The third-order valence-electron chi connectivity index (χ3n) is 7.38. The smallest absolute Gasteiger partial charge is 0.293 e. The lowest BCUT2D eigenvalue weighted by Crippen LogP contribution is -2.41. The van der Waals surface area contributed by atoms with Crippen molar-refractivity contribution >= 4 is 27.3 Å². The fourth-order valence-corrected chi connectivity index (χ4v) is 6.48. The van der Waals surface area contributed by atoms with Gasteiger partial charge < -0.3 is 14.5 Å². The third kappa shape index (κ3) is 6.16. The summed E-state index contributed by atoms with van der Waals surface area (Å²) in [6.07, 6.45) is 1.14. The number of benzene rings is 2. The Balaban J connectivity index is 1.41. The Morgan fingerprint density at radius 1 is 1.08 bits per heavy atom. The Morgan fingerprint density at radius 3 is 2.29 bits per heavy atom. The predicted molar refractivity (Wildman–Crippen MR) is 145 cm³/mol. The zero-order chi connectivity index (χ0) is 27.4. The van der Waals surface area contributed by atoms with Gasteiger partial charge in [0.25, 0.3) is 5.69 Å². The molecule has 0 spiro atoms. The molecule has 0 bridgehead atoms. The molecule has 0 aromatic heterocycles. The van der Waals surface area contributed by atoms with Crippen molar-refractivity contribution in [3.63, 3.8) is 0 Å². The quantitative estimate of drug-likeness (QED) is 0.368. The van der Waals surface area contributed by atoms with Crippen LogP contribution in [0.2, 0.25) is 0 Å². The van der Waals surface area contributed by atoms with Crippen molar-refractivity contribution < 1.29 is 22.9 Å². The Bertz CT molecular complexity index is 1250. The van der Waals surface area contributed by atoms with E-state index in [0.29, 0.717) is 57.3 Å². The molecule has 0 aliphatic carbocycles. The Morgan fingerprint density at radius 2 is 1.71 bits per heavy atom. The lowest BCUT2D eigenvalue weighted by atomic mass is 9.94. The van der Waals surface area contributed by atoms with Crippen LogP contribution < -0.4 is 4.90 Å². The molecule has 2 fully saturated rings. The number of nitrogens with zero attached hydrogens (tertiary/aromatic N) is 4. The first-order chi connectivity index (χ1) is 18.1. The number of sulfonamides is 1. The number of amides is 1. The molecule has 206 valence electrons. The van der Waals surface area contributed by atoms with Crippen molar-refractivity contribution in [1.82, 2.24) is 9.21 Å². The second kappa shape index (κ2) is 11.8. The Labute approximate surface area is 224 Å². The summed E-state index contributed by atoms with van der Waals surface area (Å²) in [4.78, 5) is 28.0. The lowest BCUT2D eigenvalue weighted by molar-refractivity contribution is -0.384. The van der Waals surface area contributed by atoms with E-state index >= 15 is 0 Å². The summed E-state index contributed by atoms with van der Waals surface area (Å²) < 4.78 is 32.5. The molecule has 10 nitrogen and oxygen atoms in total. The van der Waals surface area contributed by atoms with Crippen molar-refractivity contribution in [2.24, 2.45) is 5.92 Å². The highest BCUT2D eigenvalue weighted by Crippen LogP contribution is 2.34. The normalized spacial score (nSPS) is 17.5. The molecule has 0 radical (unpaired) electrons. The van der Waals surface area contributed by atoms with E-state index in [-0.39, 0.29) is 35.5 Å². The number of carbonyl (C=O) groups excluding carboxylic acids is 1. The topological polar surface area (TPSA) is 113 Å². The van der Waals surface area contributed by atoms with Crippen LogP contribution in [-0.4, -0.2) is 74.9 Å². The number of nitro groups is 1. The van der Waals surface area contributed by atoms with E-state index in [2.05, 4.69) is 38.1 Å². The number of nitro benzene ring substituents is 1. The van der Waals surface area contributed by atoms with Crippen LogP contribution in [-0.2, 0) is 26.1 Å².